The highest BCUT2D eigenvalue weighted by Gasteiger charge is 2.23. The molecule has 1 N–H and O–H groups in total. The second kappa shape index (κ2) is 10.2. The van der Waals surface area contributed by atoms with Crippen molar-refractivity contribution in [2.24, 2.45) is 0 Å². The Kier molecular flexibility index (Phi) is 7.34. The van der Waals surface area contributed by atoms with Crippen LogP contribution < -0.4 is 14.4 Å². The van der Waals surface area contributed by atoms with Crippen LogP contribution in [0.15, 0.2) is 83.8 Å². The largest absolute Gasteiger partial charge is 0.497 e. The average Bonchev–Trinajstić information content (AvgIpc) is 2.84. The number of amides is 1. The number of hydrogen-bond donors (Lipinski definition) is 1. The van der Waals surface area contributed by atoms with E-state index in [-0.39, 0.29) is 10.5 Å². The third kappa shape index (κ3) is 5.89. The van der Waals surface area contributed by atoms with Crippen LogP contribution in [0.3, 0.4) is 0 Å². The number of esters is 1. The maximum atomic E-state index is 12.6. The van der Waals surface area contributed by atoms with E-state index in [1.54, 1.807) is 55.6 Å². The quantitative estimate of drug-likeness (QED) is 0.506. The van der Waals surface area contributed by atoms with Crippen LogP contribution in [0.5, 0.6) is 5.75 Å². The van der Waals surface area contributed by atoms with Gasteiger partial charge >= 0.3 is 5.97 Å². The van der Waals surface area contributed by atoms with Gasteiger partial charge in [0.05, 0.1) is 17.6 Å². The van der Waals surface area contributed by atoms with Crippen molar-refractivity contribution >= 4 is 33.3 Å². The Balaban J connectivity index is 1.64. The number of carbonyl (C=O) groups excluding carboxylic acids is 2. The summed E-state index contributed by atoms with van der Waals surface area (Å²) in [4.78, 5) is 26.4. The summed E-state index contributed by atoms with van der Waals surface area (Å²) in [6.45, 7) is 1.48. The number of para-hydroxylation sites is 1. The van der Waals surface area contributed by atoms with E-state index < -0.39 is 28.0 Å². The molecule has 0 bridgehead atoms. The van der Waals surface area contributed by atoms with Crippen LogP contribution in [-0.4, -0.2) is 40.6 Å². The normalized spacial score (nSPS) is 11.8. The number of anilines is 2. The van der Waals surface area contributed by atoms with E-state index in [9.17, 15) is 18.0 Å². The van der Waals surface area contributed by atoms with Crippen LogP contribution in [0.4, 0.5) is 11.4 Å². The topological polar surface area (TPSA) is 102 Å². The molecule has 0 saturated carbocycles. The number of sulfonamides is 1. The minimum Gasteiger partial charge on any atom is -0.497 e. The SMILES string of the molecule is COc1ccc(NS(=O)(=O)c2ccc(C(=O)OC(C)C(=O)N(C)c3ccccc3)cc2)cc1. The Labute approximate surface area is 192 Å². The zero-order valence-electron chi connectivity index (χ0n) is 18.4. The summed E-state index contributed by atoms with van der Waals surface area (Å²) in [5.41, 5.74) is 1.17. The van der Waals surface area contributed by atoms with Gasteiger partial charge in [0.15, 0.2) is 6.10 Å². The third-order valence-electron chi connectivity index (χ3n) is 4.85. The summed E-state index contributed by atoms with van der Waals surface area (Å²) in [5, 5.41) is 0. The number of nitrogens with one attached hydrogen (secondary N) is 1. The van der Waals surface area contributed by atoms with Gasteiger partial charge in [0, 0.05) is 18.4 Å². The van der Waals surface area contributed by atoms with Crippen LogP contribution in [0.2, 0.25) is 0 Å². The lowest BCUT2D eigenvalue weighted by atomic mass is 10.2. The van der Waals surface area contributed by atoms with Crippen LogP contribution in [0, 0.1) is 0 Å². The summed E-state index contributed by atoms with van der Waals surface area (Å²) >= 11 is 0. The maximum Gasteiger partial charge on any atom is 0.338 e. The zero-order chi connectivity index (χ0) is 24.0. The first-order valence-electron chi connectivity index (χ1n) is 10.0. The van der Waals surface area contributed by atoms with Crippen molar-refractivity contribution in [3.05, 3.63) is 84.4 Å². The number of rotatable bonds is 8. The Hall–Kier alpha value is -3.85. The number of likely N-dealkylation sites (N-methyl/N-ethyl adjacent to an activating group) is 1. The molecule has 172 valence electrons. The summed E-state index contributed by atoms with van der Waals surface area (Å²) < 4.78 is 38.0. The van der Waals surface area contributed by atoms with Crippen molar-refractivity contribution in [2.45, 2.75) is 17.9 Å². The first-order chi connectivity index (χ1) is 15.7. The molecule has 0 radical (unpaired) electrons. The highest BCUT2D eigenvalue weighted by atomic mass is 32.2. The Morgan fingerprint density at radius 3 is 2.09 bits per heavy atom. The summed E-state index contributed by atoms with van der Waals surface area (Å²) in [6, 6.07) is 20.7. The van der Waals surface area contributed by atoms with E-state index >= 15 is 0 Å². The van der Waals surface area contributed by atoms with Crippen molar-refractivity contribution in [3.8, 4) is 5.75 Å². The van der Waals surface area contributed by atoms with Crippen molar-refractivity contribution in [1.82, 2.24) is 0 Å². The smallest absolute Gasteiger partial charge is 0.338 e. The first kappa shape index (κ1) is 23.8. The molecule has 9 heteroatoms. The monoisotopic (exact) mass is 468 g/mol. The van der Waals surface area contributed by atoms with Crippen LogP contribution >= 0.6 is 0 Å². The predicted octanol–water partition coefficient (Wildman–Crippen LogP) is 3.70. The van der Waals surface area contributed by atoms with Gasteiger partial charge in [-0.3, -0.25) is 9.52 Å². The van der Waals surface area contributed by atoms with E-state index in [2.05, 4.69) is 4.72 Å². The van der Waals surface area contributed by atoms with E-state index in [1.165, 1.54) is 43.2 Å². The highest BCUT2D eigenvalue weighted by Crippen LogP contribution is 2.20. The molecule has 0 aliphatic carbocycles. The molecular weight excluding hydrogens is 444 g/mol. The van der Waals surface area contributed by atoms with Crippen LogP contribution in [0.25, 0.3) is 0 Å². The van der Waals surface area contributed by atoms with Gasteiger partial charge < -0.3 is 14.4 Å². The summed E-state index contributed by atoms with van der Waals surface area (Å²) in [5.74, 6) is -0.523. The predicted molar refractivity (Wildman–Crippen MR) is 125 cm³/mol. The molecule has 1 unspecified atom stereocenters. The van der Waals surface area contributed by atoms with E-state index in [4.69, 9.17) is 9.47 Å². The Bertz CT molecular complexity index is 1210. The van der Waals surface area contributed by atoms with Gasteiger partial charge in [-0.05, 0) is 67.6 Å². The van der Waals surface area contributed by atoms with Crippen LogP contribution in [-0.2, 0) is 19.6 Å². The lowest BCUT2D eigenvalue weighted by molar-refractivity contribution is -0.126. The van der Waals surface area contributed by atoms with Gasteiger partial charge in [-0.2, -0.15) is 0 Å². The molecule has 0 aliphatic heterocycles. The lowest BCUT2D eigenvalue weighted by Gasteiger charge is -2.21. The molecule has 33 heavy (non-hydrogen) atoms. The second-order valence-electron chi connectivity index (χ2n) is 7.14. The molecule has 8 nitrogen and oxygen atoms in total. The number of carbonyl (C=O) groups is 2. The number of methoxy groups -OCH3 is 1. The molecule has 3 aromatic carbocycles. The first-order valence-corrected chi connectivity index (χ1v) is 11.5. The van der Waals surface area contributed by atoms with Crippen LogP contribution in [0.1, 0.15) is 17.3 Å². The molecule has 1 amide bonds. The lowest BCUT2D eigenvalue weighted by Crippen LogP contribution is -2.37. The zero-order valence-corrected chi connectivity index (χ0v) is 19.2. The van der Waals surface area contributed by atoms with Gasteiger partial charge in [-0.15, -0.1) is 0 Å². The number of benzene rings is 3. The number of nitrogens with zero attached hydrogens (tertiary/aromatic N) is 1. The van der Waals surface area contributed by atoms with Crippen molar-refractivity contribution < 1.29 is 27.5 Å². The summed E-state index contributed by atoms with van der Waals surface area (Å²) in [6.07, 6.45) is -1.03. The molecular formula is C24H24N2O6S. The highest BCUT2D eigenvalue weighted by molar-refractivity contribution is 7.92. The molecule has 3 rings (SSSR count). The van der Waals surface area contributed by atoms with Gasteiger partial charge in [0.25, 0.3) is 15.9 Å². The standard InChI is InChI=1S/C24H24N2O6S/c1-17(23(27)26(2)20-7-5-4-6-8-20)32-24(28)18-9-15-22(16-10-18)33(29,30)25-19-11-13-21(31-3)14-12-19/h4-17,25H,1-3H3. The summed E-state index contributed by atoms with van der Waals surface area (Å²) in [7, 11) is -0.745. The minimum absolute atomic E-state index is 0.0252. The van der Waals surface area contributed by atoms with Gasteiger partial charge in [0.1, 0.15) is 5.75 Å². The third-order valence-corrected chi connectivity index (χ3v) is 6.25. The molecule has 0 fully saturated rings. The van der Waals surface area contributed by atoms with E-state index in [0.717, 1.165) is 0 Å². The molecule has 0 spiro atoms. The fourth-order valence-electron chi connectivity index (χ4n) is 2.97. The van der Waals surface area contributed by atoms with Gasteiger partial charge in [0.2, 0.25) is 0 Å². The fraction of sp³-hybridized carbons (Fsp3) is 0.167. The Morgan fingerprint density at radius 1 is 0.909 bits per heavy atom. The average molecular weight is 469 g/mol. The van der Waals surface area contributed by atoms with Gasteiger partial charge in [-0.1, -0.05) is 18.2 Å². The molecule has 3 aromatic rings. The maximum absolute atomic E-state index is 12.6. The second-order valence-corrected chi connectivity index (χ2v) is 8.82. The van der Waals surface area contributed by atoms with Crippen molar-refractivity contribution in [1.29, 1.82) is 0 Å². The van der Waals surface area contributed by atoms with Crippen molar-refractivity contribution in [2.75, 3.05) is 23.8 Å². The Morgan fingerprint density at radius 2 is 1.52 bits per heavy atom. The molecule has 0 saturated heterocycles. The number of ether oxygens (including phenoxy) is 2. The fourth-order valence-corrected chi connectivity index (χ4v) is 4.03. The molecule has 0 heterocycles. The molecule has 0 aliphatic rings. The van der Waals surface area contributed by atoms with E-state index in [1.807, 2.05) is 6.07 Å². The minimum atomic E-state index is -3.86. The van der Waals surface area contributed by atoms with Gasteiger partial charge in [-0.25, -0.2) is 13.2 Å². The van der Waals surface area contributed by atoms with Crippen molar-refractivity contribution in [3.63, 3.8) is 0 Å². The molecule has 0 aromatic heterocycles. The number of hydrogen-bond acceptors (Lipinski definition) is 6. The van der Waals surface area contributed by atoms with E-state index in [0.29, 0.717) is 17.1 Å². The molecule has 1 atom stereocenters.